The van der Waals surface area contributed by atoms with E-state index in [-0.39, 0.29) is 22.9 Å². The lowest BCUT2D eigenvalue weighted by atomic mass is 10.0. The number of β-lactam (4-membered cyclic amide) rings is 1. The third kappa shape index (κ3) is 7.74. The molecule has 1 unspecified atom stereocenters. The molecule has 5 rings (SSSR count). The number of oxime groups is 1. The van der Waals surface area contributed by atoms with Gasteiger partial charge in [-0.05, 0) is 49.6 Å². The molecule has 0 aliphatic carbocycles. The van der Waals surface area contributed by atoms with Gasteiger partial charge in [0.05, 0.1) is 0 Å². The number of nitrogens with one attached hydrogen (secondary N) is 1. The first kappa shape index (κ1) is 33.9. The highest BCUT2D eigenvalue weighted by Gasteiger charge is 2.54. The largest absolute Gasteiger partial charge is 0.457 e. The number of carbonyl (C=O) groups excluding carboxylic acids is 4. The molecule has 2 aromatic carbocycles. The number of nitrogens with two attached hydrogens (primary N) is 1. The number of nitrogen functional groups attached to an aromatic ring is 1. The normalized spacial score (nSPS) is 17.6. The number of benzene rings is 2. The van der Waals surface area contributed by atoms with Crippen LogP contribution in [0, 0.1) is 0 Å². The first-order valence-corrected chi connectivity index (χ1v) is 16.1. The summed E-state index contributed by atoms with van der Waals surface area (Å²) in [6.07, 6.45) is 0.792. The maximum Gasteiger partial charge on any atom is 0.356 e. The molecular formula is C35H35N5O7S. The van der Waals surface area contributed by atoms with Crippen LogP contribution in [0.3, 0.4) is 0 Å². The van der Waals surface area contributed by atoms with Crippen molar-refractivity contribution < 1.29 is 33.5 Å². The van der Waals surface area contributed by atoms with Gasteiger partial charge < -0.3 is 25.4 Å². The smallest absolute Gasteiger partial charge is 0.356 e. The van der Waals surface area contributed by atoms with E-state index in [0.717, 1.165) is 11.1 Å². The van der Waals surface area contributed by atoms with E-state index in [1.54, 1.807) is 26.8 Å². The quantitative estimate of drug-likeness (QED) is 0.133. The van der Waals surface area contributed by atoms with E-state index in [4.69, 9.17) is 20.0 Å². The third-order valence-electron chi connectivity index (χ3n) is 7.14. The van der Waals surface area contributed by atoms with Gasteiger partial charge in [-0.2, -0.15) is 0 Å². The summed E-state index contributed by atoms with van der Waals surface area (Å²) in [6, 6.07) is 22.2. The maximum absolute atomic E-state index is 13.9. The number of carbonyl (C=O) groups is 4. The Kier molecular flexibility index (Phi) is 10.3. The van der Waals surface area contributed by atoms with Crippen LogP contribution in [-0.2, 0) is 33.5 Å². The van der Waals surface area contributed by atoms with Gasteiger partial charge in [0.15, 0.2) is 11.8 Å². The van der Waals surface area contributed by atoms with Crippen LogP contribution in [0.1, 0.15) is 43.7 Å². The lowest BCUT2D eigenvalue weighted by Crippen LogP contribution is -2.71. The Morgan fingerprint density at radius 1 is 1.06 bits per heavy atom. The number of amides is 2. The maximum atomic E-state index is 13.9. The zero-order valence-electron chi connectivity index (χ0n) is 26.6. The summed E-state index contributed by atoms with van der Waals surface area (Å²) in [7, 11) is 0. The van der Waals surface area contributed by atoms with Gasteiger partial charge in [0, 0.05) is 5.75 Å². The zero-order chi connectivity index (χ0) is 34.4. The monoisotopic (exact) mass is 669 g/mol. The molecule has 3 N–H and O–H groups in total. The number of nitrogens with zero attached hydrogens (tertiary/aromatic N) is 3. The fourth-order valence-electron chi connectivity index (χ4n) is 5.05. The van der Waals surface area contributed by atoms with E-state index in [2.05, 4.69) is 22.0 Å². The Morgan fingerprint density at radius 3 is 2.29 bits per heavy atom. The minimum atomic E-state index is -1.02. The number of aromatic nitrogens is 1. The van der Waals surface area contributed by atoms with Crippen molar-refractivity contribution in [2.45, 2.75) is 43.9 Å². The molecule has 0 saturated carbocycles. The SMILES string of the molecule is C=CC1=C(C(=O)OC(c2ccccc2)c2ccccc2)N2C(=O)C(NC(=O)C(=NOCC(=O)OC(C)(C)C)c3cccc(N)n3)[C@H]2SC1. The molecule has 1 fully saturated rings. The van der Waals surface area contributed by atoms with Crippen molar-refractivity contribution in [3.05, 3.63) is 120 Å². The lowest BCUT2D eigenvalue weighted by molar-refractivity contribution is -0.160. The minimum absolute atomic E-state index is 0.0580. The average Bonchev–Trinajstić information content (AvgIpc) is 3.07. The lowest BCUT2D eigenvalue weighted by Gasteiger charge is -2.49. The number of rotatable bonds is 11. The summed E-state index contributed by atoms with van der Waals surface area (Å²) < 4.78 is 11.3. The highest BCUT2D eigenvalue weighted by molar-refractivity contribution is 8.00. The number of pyridine rings is 1. The number of hydrogen-bond donors (Lipinski definition) is 2. The van der Waals surface area contributed by atoms with Crippen LogP contribution in [0.4, 0.5) is 5.82 Å². The molecule has 1 aromatic heterocycles. The van der Waals surface area contributed by atoms with Crippen molar-refractivity contribution >= 4 is 47.0 Å². The number of esters is 2. The number of hydrogen-bond acceptors (Lipinski definition) is 11. The fourth-order valence-corrected chi connectivity index (χ4v) is 6.39. The van der Waals surface area contributed by atoms with Crippen molar-refractivity contribution in [2.75, 3.05) is 18.1 Å². The molecule has 2 atom stereocenters. The second-order valence-corrected chi connectivity index (χ2v) is 12.9. The van der Waals surface area contributed by atoms with Crippen molar-refractivity contribution in [3.8, 4) is 0 Å². The molecule has 2 aliphatic rings. The molecule has 2 amide bonds. The molecule has 13 heteroatoms. The van der Waals surface area contributed by atoms with E-state index < -0.39 is 53.5 Å². The van der Waals surface area contributed by atoms with Gasteiger partial charge in [-0.25, -0.2) is 14.6 Å². The summed E-state index contributed by atoms with van der Waals surface area (Å²) in [6.45, 7) is 8.39. The van der Waals surface area contributed by atoms with Gasteiger partial charge in [-0.3, -0.25) is 14.5 Å². The standard InChI is InChI=1S/C35H35N5O7S/c1-5-21-20-48-33-28(38-31(42)27(24-17-12-18-25(36)37-24)39-45-19-26(41)47-35(2,3)4)32(43)40(33)29(21)34(44)46-30(22-13-8-6-9-14-22)23-15-10-7-11-16-23/h5-18,28,30,33H,1,19-20H2,2-4H3,(H2,36,37)(H,38,42)/t28?,33-/m1/s1. The molecule has 2 aliphatic heterocycles. The topological polar surface area (TPSA) is 163 Å². The summed E-state index contributed by atoms with van der Waals surface area (Å²) in [5, 5.41) is 5.92. The second kappa shape index (κ2) is 14.6. The van der Waals surface area contributed by atoms with Gasteiger partial charge in [-0.1, -0.05) is 84.5 Å². The van der Waals surface area contributed by atoms with Crippen LogP contribution >= 0.6 is 11.8 Å². The van der Waals surface area contributed by atoms with Crippen molar-refractivity contribution in [1.29, 1.82) is 0 Å². The van der Waals surface area contributed by atoms with Crippen LogP contribution in [-0.4, -0.2) is 68.7 Å². The first-order chi connectivity index (χ1) is 23.0. The van der Waals surface area contributed by atoms with E-state index in [0.29, 0.717) is 11.3 Å². The van der Waals surface area contributed by atoms with E-state index >= 15 is 0 Å². The highest BCUT2D eigenvalue weighted by atomic mass is 32.2. The van der Waals surface area contributed by atoms with Crippen LogP contribution in [0.2, 0.25) is 0 Å². The average molecular weight is 670 g/mol. The predicted octanol–water partition coefficient (Wildman–Crippen LogP) is 3.90. The van der Waals surface area contributed by atoms with E-state index in [9.17, 15) is 19.2 Å². The Hall–Kier alpha value is -5.43. The molecule has 0 radical (unpaired) electrons. The van der Waals surface area contributed by atoms with Crippen molar-refractivity contribution in [1.82, 2.24) is 15.2 Å². The minimum Gasteiger partial charge on any atom is -0.457 e. The molecule has 0 spiro atoms. The van der Waals surface area contributed by atoms with Crippen LogP contribution < -0.4 is 11.1 Å². The molecule has 12 nitrogen and oxygen atoms in total. The summed E-state index contributed by atoms with van der Waals surface area (Å²) >= 11 is 1.35. The number of allylic oxidation sites excluding steroid dienone is 1. The van der Waals surface area contributed by atoms with Crippen molar-refractivity contribution in [3.63, 3.8) is 0 Å². The number of thioether (sulfide) groups is 1. The highest BCUT2D eigenvalue weighted by Crippen LogP contribution is 2.42. The Bertz CT molecular complexity index is 1730. The molecule has 3 heterocycles. The third-order valence-corrected chi connectivity index (χ3v) is 8.44. The number of ether oxygens (including phenoxy) is 2. The van der Waals surface area contributed by atoms with E-state index in [1.165, 1.54) is 34.9 Å². The molecule has 1 saturated heterocycles. The van der Waals surface area contributed by atoms with Crippen LogP contribution in [0.15, 0.2) is 108 Å². The van der Waals surface area contributed by atoms with Crippen LogP contribution in [0.25, 0.3) is 0 Å². The van der Waals surface area contributed by atoms with E-state index in [1.807, 2.05) is 60.7 Å². The molecular weight excluding hydrogens is 634 g/mol. The first-order valence-electron chi connectivity index (χ1n) is 15.0. The number of fused-ring (bicyclic) bond motifs is 1. The van der Waals surface area contributed by atoms with Crippen molar-refractivity contribution in [2.24, 2.45) is 5.16 Å². The summed E-state index contributed by atoms with van der Waals surface area (Å²) in [5.74, 6) is -2.27. The second-order valence-electron chi connectivity index (χ2n) is 11.8. The Labute approximate surface area is 282 Å². The number of anilines is 1. The summed E-state index contributed by atoms with van der Waals surface area (Å²) in [5.41, 5.74) is 6.95. The van der Waals surface area contributed by atoms with Gasteiger partial charge >= 0.3 is 11.9 Å². The van der Waals surface area contributed by atoms with Crippen LogP contribution in [0.5, 0.6) is 0 Å². The van der Waals surface area contributed by atoms with Gasteiger partial charge in [-0.15, -0.1) is 11.8 Å². The summed E-state index contributed by atoms with van der Waals surface area (Å²) in [4.78, 5) is 63.8. The van der Waals surface area contributed by atoms with Gasteiger partial charge in [0.25, 0.3) is 11.8 Å². The molecule has 0 bridgehead atoms. The molecule has 48 heavy (non-hydrogen) atoms. The van der Waals surface area contributed by atoms with Gasteiger partial charge in [0.2, 0.25) is 6.61 Å². The fraction of sp³-hybridized carbons (Fsp3) is 0.257. The molecule has 3 aromatic rings. The molecule has 248 valence electrons. The Balaban J connectivity index is 1.35. The predicted molar refractivity (Wildman–Crippen MR) is 180 cm³/mol. The zero-order valence-corrected chi connectivity index (χ0v) is 27.4. The Morgan fingerprint density at radius 2 is 1.71 bits per heavy atom. The van der Waals surface area contributed by atoms with Gasteiger partial charge in [0.1, 0.15) is 34.2 Å².